The number of hydrogen-bond donors (Lipinski definition) is 1. The van der Waals surface area contributed by atoms with E-state index < -0.39 is 17.6 Å². The van der Waals surface area contributed by atoms with E-state index in [4.69, 9.17) is 11.0 Å². The summed E-state index contributed by atoms with van der Waals surface area (Å²) in [7, 11) is 0. The van der Waals surface area contributed by atoms with Gasteiger partial charge in [0.05, 0.1) is 11.3 Å². The Kier molecular flexibility index (Phi) is 3.42. The third kappa shape index (κ3) is 2.14. The van der Waals surface area contributed by atoms with Crippen LogP contribution in [0, 0.1) is 11.3 Å². The van der Waals surface area contributed by atoms with Crippen LogP contribution in [0.15, 0.2) is 6.07 Å². The molecule has 1 aromatic rings. The molecule has 0 aliphatic rings. The SMILES string of the molecule is N#Cc1c(C(F)F)cc(CN)nc1C=O. The lowest BCUT2D eigenvalue weighted by Gasteiger charge is -2.06. The van der Waals surface area contributed by atoms with E-state index in [0.29, 0.717) is 0 Å². The molecule has 0 aromatic carbocycles. The molecule has 0 spiro atoms. The van der Waals surface area contributed by atoms with Gasteiger partial charge >= 0.3 is 0 Å². The fourth-order valence-electron chi connectivity index (χ4n) is 1.13. The summed E-state index contributed by atoms with van der Waals surface area (Å²) in [6.45, 7) is -0.0632. The average molecular weight is 211 g/mol. The normalized spacial score (nSPS) is 10.1. The maximum absolute atomic E-state index is 12.5. The molecule has 15 heavy (non-hydrogen) atoms. The van der Waals surface area contributed by atoms with Gasteiger partial charge in [0.2, 0.25) is 0 Å². The average Bonchev–Trinajstić information content (AvgIpc) is 2.26. The molecule has 0 aliphatic heterocycles. The number of hydrogen-bond acceptors (Lipinski definition) is 4. The molecular formula is C9H7F2N3O. The molecule has 2 N–H and O–H groups in total. The largest absolute Gasteiger partial charge is 0.325 e. The zero-order valence-corrected chi connectivity index (χ0v) is 7.58. The number of nitriles is 1. The molecule has 0 radical (unpaired) electrons. The van der Waals surface area contributed by atoms with Gasteiger partial charge in [-0.1, -0.05) is 0 Å². The van der Waals surface area contributed by atoms with Gasteiger partial charge in [0.1, 0.15) is 11.8 Å². The van der Waals surface area contributed by atoms with Crippen LogP contribution >= 0.6 is 0 Å². The molecule has 0 bridgehead atoms. The third-order valence-electron chi connectivity index (χ3n) is 1.80. The minimum Gasteiger partial charge on any atom is -0.325 e. The number of carbonyl (C=O) groups is 1. The minimum atomic E-state index is -2.83. The van der Waals surface area contributed by atoms with Gasteiger partial charge in [-0.15, -0.1) is 0 Å². The van der Waals surface area contributed by atoms with Gasteiger partial charge < -0.3 is 5.73 Å². The van der Waals surface area contributed by atoms with Crippen molar-refractivity contribution in [2.24, 2.45) is 5.73 Å². The molecule has 78 valence electrons. The van der Waals surface area contributed by atoms with Gasteiger partial charge in [0, 0.05) is 12.1 Å². The van der Waals surface area contributed by atoms with Gasteiger partial charge in [0.15, 0.2) is 6.29 Å². The van der Waals surface area contributed by atoms with Crippen molar-refractivity contribution in [3.63, 3.8) is 0 Å². The molecule has 0 saturated carbocycles. The Labute approximate surface area is 84.3 Å². The smallest absolute Gasteiger partial charge is 0.265 e. The van der Waals surface area contributed by atoms with E-state index >= 15 is 0 Å². The molecule has 0 amide bonds. The van der Waals surface area contributed by atoms with E-state index in [1.807, 2.05) is 0 Å². The summed E-state index contributed by atoms with van der Waals surface area (Å²) < 4.78 is 25.0. The van der Waals surface area contributed by atoms with Crippen molar-refractivity contribution >= 4 is 6.29 Å². The van der Waals surface area contributed by atoms with Crippen molar-refractivity contribution in [3.8, 4) is 6.07 Å². The first-order valence-electron chi connectivity index (χ1n) is 4.01. The first-order valence-corrected chi connectivity index (χ1v) is 4.01. The van der Waals surface area contributed by atoms with Crippen LogP contribution in [-0.4, -0.2) is 11.3 Å². The Morgan fingerprint density at radius 2 is 2.33 bits per heavy atom. The summed E-state index contributed by atoms with van der Waals surface area (Å²) in [5, 5.41) is 8.63. The van der Waals surface area contributed by atoms with Crippen molar-refractivity contribution in [2.45, 2.75) is 13.0 Å². The monoisotopic (exact) mass is 211 g/mol. The van der Waals surface area contributed by atoms with Crippen LogP contribution in [0.5, 0.6) is 0 Å². The van der Waals surface area contributed by atoms with E-state index in [9.17, 15) is 13.6 Å². The van der Waals surface area contributed by atoms with Crippen molar-refractivity contribution in [2.75, 3.05) is 0 Å². The molecule has 0 aliphatic carbocycles. The van der Waals surface area contributed by atoms with Crippen LogP contribution < -0.4 is 5.73 Å². The third-order valence-corrected chi connectivity index (χ3v) is 1.80. The lowest BCUT2D eigenvalue weighted by atomic mass is 10.1. The highest BCUT2D eigenvalue weighted by atomic mass is 19.3. The highest BCUT2D eigenvalue weighted by Crippen LogP contribution is 2.24. The Morgan fingerprint density at radius 1 is 1.67 bits per heavy atom. The molecular weight excluding hydrogens is 204 g/mol. The number of aromatic nitrogens is 1. The molecule has 0 saturated heterocycles. The van der Waals surface area contributed by atoms with E-state index in [1.54, 1.807) is 0 Å². The maximum atomic E-state index is 12.5. The topological polar surface area (TPSA) is 79.8 Å². The van der Waals surface area contributed by atoms with Crippen LogP contribution in [-0.2, 0) is 6.54 Å². The predicted octanol–water partition coefficient (Wildman–Crippen LogP) is 1.16. The van der Waals surface area contributed by atoms with Crippen LogP contribution in [0.1, 0.15) is 33.7 Å². The standard InChI is InChI=1S/C9H7F2N3O/c10-9(11)6-1-5(2-12)14-8(4-15)7(6)3-13/h1,4,9H,2,12H2. The van der Waals surface area contributed by atoms with Crippen LogP contribution in [0.4, 0.5) is 8.78 Å². The van der Waals surface area contributed by atoms with Gasteiger partial charge in [-0.3, -0.25) is 4.79 Å². The maximum Gasteiger partial charge on any atom is 0.265 e. The zero-order chi connectivity index (χ0) is 11.4. The molecule has 6 heteroatoms. The lowest BCUT2D eigenvalue weighted by molar-refractivity contribution is 0.111. The number of aldehydes is 1. The molecule has 1 aromatic heterocycles. The van der Waals surface area contributed by atoms with Crippen LogP contribution in [0.3, 0.4) is 0 Å². The predicted molar refractivity (Wildman–Crippen MR) is 47.2 cm³/mol. The lowest BCUT2D eigenvalue weighted by Crippen LogP contribution is -2.07. The fourth-order valence-corrected chi connectivity index (χ4v) is 1.13. The number of pyridine rings is 1. The highest BCUT2D eigenvalue weighted by molar-refractivity contribution is 5.77. The van der Waals surface area contributed by atoms with Gasteiger partial charge in [0.25, 0.3) is 6.43 Å². The molecule has 0 fully saturated rings. The van der Waals surface area contributed by atoms with Crippen LogP contribution in [0.2, 0.25) is 0 Å². The summed E-state index contributed by atoms with van der Waals surface area (Å²) in [6, 6.07) is 2.57. The van der Waals surface area contributed by atoms with Crippen molar-refractivity contribution in [3.05, 3.63) is 28.6 Å². The number of nitrogens with two attached hydrogens (primary N) is 1. The van der Waals surface area contributed by atoms with Gasteiger partial charge in [-0.05, 0) is 6.07 Å². The second kappa shape index (κ2) is 4.57. The summed E-state index contributed by atoms with van der Waals surface area (Å²) in [5.41, 5.74) is 4.19. The Balaban J connectivity index is 3.47. The second-order valence-electron chi connectivity index (χ2n) is 2.70. The number of halogens is 2. The number of rotatable bonds is 3. The Bertz CT molecular complexity index is 426. The Hall–Kier alpha value is -1.87. The van der Waals surface area contributed by atoms with E-state index in [2.05, 4.69) is 4.98 Å². The molecule has 4 nitrogen and oxygen atoms in total. The number of nitrogens with zero attached hydrogens (tertiary/aromatic N) is 2. The fraction of sp³-hybridized carbons (Fsp3) is 0.222. The van der Waals surface area contributed by atoms with Crippen molar-refractivity contribution < 1.29 is 13.6 Å². The zero-order valence-electron chi connectivity index (χ0n) is 7.58. The first kappa shape index (κ1) is 11.2. The molecule has 1 rings (SSSR count). The summed E-state index contributed by atoms with van der Waals surface area (Å²) >= 11 is 0. The summed E-state index contributed by atoms with van der Waals surface area (Å²) in [6.07, 6.45) is -2.56. The first-order chi connectivity index (χ1) is 7.13. The number of carbonyl (C=O) groups excluding carboxylic acids is 1. The van der Waals surface area contributed by atoms with Gasteiger partial charge in [-0.25, -0.2) is 13.8 Å². The summed E-state index contributed by atoms with van der Waals surface area (Å²) in [4.78, 5) is 14.2. The number of alkyl halides is 2. The minimum absolute atomic E-state index is 0.0632. The molecule has 0 atom stereocenters. The molecule has 1 heterocycles. The van der Waals surface area contributed by atoms with E-state index in [-0.39, 0.29) is 24.2 Å². The summed E-state index contributed by atoms with van der Waals surface area (Å²) in [5.74, 6) is 0. The highest BCUT2D eigenvalue weighted by Gasteiger charge is 2.18. The quantitative estimate of drug-likeness (QED) is 0.761. The van der Waals surface area contributed by atoms with Crippen molar-refractivity contribution in [1.82, 2.24) is 4.98 Å². The molecule has 0 unspecified atom stereocenters. The van der Waals surface area contributed by atoms with Crippen LogP contribution in [0.25, 0.3) is 0 Å². The second-order valence-corrected chi connectivity index (χ2v) is 2.70. The Morgan fingerprint density at radius 3 is 2.73 bits per heavy atom. The van der Waals surface area contributed by atoms with Gasteiger partial charge in [-0.2, -0.15) is 5.26 Å². The van der Waals surface area contributed by atoms with E-state index in [0.717, 1.165) is 6.07 Å². The van der Waals surface area contributed by atoms with E-state index in [1.165, 1.54) is 6.07 Å². The van der Waals surface area contributed by atoms with Crippen molar-refractivity contribution in [1.29, 1.82) is 5.26 Å².